The van der Waals surface area contributed by atoms with E-state index in [1.54, 1.807) is 6.92 Å². The first-order valence-corrected chi connectivity index (χ1v) is 9.95. The predicted octanol–water partition coefficient (Wildman–Crippen LogP) is 3.62. The number of carbonyl (C=O) groups excluding carboxylic acids is 1. The summed E-state index contributed by atoms with van der Waals surface area (Å²) in [6.45, 7) is 1.66. The van der Waals surface area contributed by atoms with Crippen LogP contribution in [0.2, 0.25) is 0 Å². The summed E-state index contributed by atoms with van der Waals surface area (Å²) in [7, 11) is -4.19. The van der Waals surface area contributed by atoms with Gasteiger partial charge in [-0.1, -0.05) is 16.5 Å². The average Bonchev–Trinajstić information content (AvgIpc) is 3.12. The van der Waals surface area contributed by atoms with Gasteiger partial charge in [0.15, 0.2) is 10.0 Å². The molecule has 0 bridgehead atoms. The molecular formula is C14H11F3N6O3S2. The van der Waals surface area contributed by atoms with Crippen molar-refractivity contribution < 1.29 is 26.4 Å². The number of aromatic nitrogens is 2. The SMILES string of the molecule is CC1(NS(=O)(=O)c2cc(F)c(N=[N+]=[N-])c(C(=O)c3nnc(C(F)F)s3)c2)CC1. The van der Waals surface area contributed by atoms with E-state index in [0.717, 1.165) is 6.07 Å². The fraction of sp³-hybridized carbons (Fsp3) is 0.357. The Morgan fingerprint density at radius 1 is 1.39 bits per heavy atom. The number of alkyl halides is 2. The molecule has 0 saturated heterocycles. The molecule has 0 spiro atoms. The molecule has 9 nitrogen and oxygen atoms in total. The minimum atomic E-state index is -4.19. The number of sulfonamides is 1. The van der Waals surface area contributed by atoms with Crippen LogP contribution in [0.4, 0.5) is 18.9 Å². The van der Waals surface area contributed by atoms with Crippen molar-refractivity contribution in [2.24, 2.45) is 5.11 Å². The van der Waals surface area contributed by atoms with Crippen molar-refractivity contribution in [2.75, 3.05) is 0 Å². The van der Waals surface area contributed by atoms with E-state index >= 15 is 0 Å². The van der Waals surface area contributed by atoms with Gasteiger partial charge in [-0.25, -0.2) is 26.3 Å². The Balaban J connectivity index is 2.10. The first kappa shape index (κ1) is 20.2. The van der Waals surface area contributed by atoms with Gasteiger partial charge in [-0.2, -0.15) is 0 Å². The highest BCUT2D eigenvalue weighted by molar-refractivity contribution is 7.89. The molecule has 1 aromatic carbocycles. The monoisotopic (exact) mass is 432 g/mol. The molecule has 1 saturated carbocycles. The lowest BCUT2D eigenvalue weighted by Crippen LogP contribution is -2.34. The maximum Gasteiger partial charge on any atom is 0.291 e. The van der Waals surface area contributed by atoms with Gasteiger partial charge >= 0.3 is 0 Å². The largest absolute Gasteiger partial charge is 0.291 e. The van der Waals surface area contributed by atoms with Gasteiger partial charge in [-0.05, 0) is 37.4 Å². The summed E-state index contributed by atoms with van der Waals surface area (Å²) < 4.78 is 67.2. The number of azide groups is 1. The second-order valence-electron chi connectivity index (χ2n) is 6.23. The van der Waals surface area contributed by atoms with Crippen LogP contribution >= 0.6 is 11.3 Å². The Labute approximate surface area is 160 Å². The van der Waals surface area contributed by atoms with Crippen LogP contribution in [0.15, 0.2) is 22.1 Å². The van der Waals surface area contributed by atoms with Gasteiger partial charge in [0.05, 0.1) is 10.6 Å². The van der Waals surface area contributed by atoms with Gasteiger partial charge in [-0.15, -0.1) is 10.2 Å². The summed E-state index contributed by atoms with van der Waals surface area (Å²) in [4.78, 5) is 14.4. The summed E-state index contributed by atoms with van der Waals surface area (Å²) >= 11 is 0.266. The molecule has 28 heavy (non-hydrogen) atoms. The van der Waals surface area contributed by atoms with E-state index < -0.39 is 59.7 Å². The Morgan fingerprint density at radius 2 is 2.07 bits per heavy atom. The van der Waals surface area contributed by atoms with Crippen LogP contribution in [0.1, 0.15) is 46.6 Å². The number of nitrogens with zero attached hydrogens (tertiary/aromatic N) is 5. The number of carbonyl (C=O) groups is 1. The summed E-state index contributed by atoms with van der Waals surface area (Å²) in [6.07, 6.45) is -1.78. The Hall–Kier alpha value is -2.54. The predicted molar refractivity (Wildman–Crippen MR) is 91.5 cm³/mol. The van der Waals surface area contributed by atoms with E-state index in [1.807, 2.05) is 0 Å². The first-order chi connectivity index (χ1) is 13.1. The molecule has 1 aromatic heterocycles. The summed E-state index contributed by atoms with van der Waals surface area (Å²) in [5, 5.41) is 8.30. The Bertz CT molecular complexity index is 1110. The van der Waals surface area contributed by atoms with Crippen LogP contribution in [0.25, 0.3) is 10.4 Å². The van der Waals surface area contributed by atoms with E-state index in [1.165, 1.54) is 0 Å². The Kier molecular flexibility index (Phi) is 5.14. The maximum absolute atomic E-state index is 14.4. The van der Waals surface area contributed by atoms with Gasteiger partial charge in [0.2, 0.25) is 15.8 Å². The quantitative estimate of drug-likeness (QED) is 0.308. The van der Waals surface area contributed by atoms with Gasteiger partial charge in [0.25, 0.3) is 6.43 Å². The Morgan fingerprint density at radius 3 is 2.61 bits per heavy atom. The van der Waals surface area contributed by atoms with Gasteiger partial charge in [0, 0.05) is 16.0 Å². The second-order valence-corrected chi connectivity index (χ2v) is 8.92. The number of halogens is 3. The zero-order valence-corrected chi connectivity index (χ0v) is 15.7. The van der Waals surface area contributed by atoms with Gasteiger partial charge < -0.3 is 0 Å². The molecular weight excluding hydrogens is 421 g/mol. The number of ketones is 1. The van der Waals surface area contributed by atoms with Crippen LogP contribution in [-0.4, -0.2) is 29.9 Å². The molecule has 2 aromatic rings. The highest BCUT2D eigenvalue weighted by Gasteiger charge is 2.41. The molecule has 0 amide bonds. The zero-order valence-electron chi connectivity index (χ0n) is 14.1. The van der Waals surface area contributed by atoms with Crippen LogP contribution in [0, 0.1) is 5.82 Å². The molecule has 3 rings (SSSR count). The molecule has 1 aliphatic carbocycles. The number of hydrogen-bond acceptors (Lipinski definition) is 7. The highest BCUT2D eigenvalue weighted by Crippen LogP contribution is 2.37. The van der Waals surface area contributed by atoms with Crippen molar-refractivity contribution in [3.63, 3.8) is 0 Å². The minimum Gasteiger partial charge on any atom is -0.286 e. The van der Waals surface area contributed by atoms with E-state index in [2.05, 4.69) is 24.9 Å². The summed E-state index contributed by atoms with van der Waals surface area (Å²) in [5.41, 5.74) is 6.56. The van der Waals surface area contributed by atoms with Gasteiger partial charge in [0.1, 0.15) is 5.82 Å². The van der Waals surface area contributed by atoms with Crippen molar-refractivity contribution in [1.29, 1.82) is 0 Å². The molecule has 0 aliphatic heterocycles. The standard InChI is InChI=1S/C14H11F3N6O3S2/c1-14(2-3-14)22-28(25,26)6-4-7(9(19-23-18)8(15)5-6)10(24)12-20-21-13(27-12)11(16)17/h4-5,11,22H,2-3H2,1H3. The number of hydrogen-bond donors (Lipinski definition) is 1. The highest BCUT2D eigenvalue weighted by atomic mass is 32.2. The fourth-order valence-electron chi connectivity index (χ4n) is 2.25. The number of nitrogens with one attached hydrogen (secondary N) is 1. The number of rotatable bonds is 7. The molecule has 1 aliphatic rings. The first-order valence-electron chi connectivity index (χ1n) is 7.65. The molecule has 1 N–H and O–H groups in total. The third-order valence-electron chi connectivity index (χ3n) is 3.94. The topological polar surface area (TPSA) is 138 Å². The molecule has 1 heterocycles. The van der Waals surface area contributed by atoms with Crippen molar-refractivity contribution in [3.8, 4) is 0 Å². The smallest absolute Gasteiger partial charge is 0.286 e. The summed E-state index contributed by atoms with van der Waals surface area (Å²) in [6, 6.07) is 1.42. The third-order valence-corrected chi connectivity index (χ3v) is 6.49. The zero-order chi connectivity index (χ0) is 20.7. The van der Waals surface area contributed by atoms with E-state index in [-0.39, 0.29) is 11.3 Å². The number of benzene rings is 1. The van der Waals surface area contributed by atoms with Gasteiger partial charge in [-0.3, -0.25) is 4.79 Å². The molecule has 148 valence electrons. The second kappa shape index (κ2) is 7.13. The average molecular weight is 432 g/mol. The van der Waals surface area contributed by atoms with Crippen LogP contribution in [0.5, 0.6) is 0 Å². The van der Waals surface area contributed by atoms with Crippen LogP contribution in [-0.2, 0) is 10.0 Å². The van der Waals surface area contributed by atoms with Crippen molar-refractivity contribution in [1.82, 2.24) is 14.9 Å². The van der Waals surface area contributed by atoms with Crippen LogP contribution in [0.3, 0.4) is 0 Å². The molecule has 1 fully saturated rings. The fourth-order valence-corrected chi connectivity index (χ4v) is 4.41. The molecule has 14 heteroatoms. The normalized spacial score (nSPS) is 15.3. The lowest BCUT2D eigenvalue weighted by atomic mass is 10.1. The van der Waals surface area contributed by atoms with Crippen molar-refractivity contribution in [3.05, 3.63) is 44.0 Å². The minimum absolute atomic E-state index is 0.266. The van der Waals surface area contributed by atoms with E-state index in [0.29, 0.717) is 18.9 Å². The van der Waals surface area contributed by atoms with Crippen molar-refractivity contribution >= 4 is 32.8 Å². The van der Waals surface area contributed by atoms with E-state index in [4.69, 9.17) is 5.53 Å². The molecule has 0 radical (unpaired) electrons. The van der Waals surface area contributed by atoms with E-state index in [9.17, 15) is 26.4 Å². The lowest BCUT2D eigenvalue weighted by molar-refractivity contribution is 0.103. The molecule has 0 unspecified atom stereocenters. The maximum atomic E-state index is 14.4. The summed E-state index contributed by atoms with van der Waals surface area (Å²) in [5.74, 6) is -2.36. The molecule has 0 atom stereocenters. The third kappa shape index (κ3) is 3.99. The lowest BCUT2D eigenvalue weighted by Gasteiger charge is -2.14. The van der Waals surface area contributed by atoms with Crippen LogP contribution < -0.4 is 4.72 Å². The van der Waals surface area contributed by atoms with Crippen molar-refractivity contribution in [2.45, 2.75) is 36.6 Å².